The first kappa shape index (κ1) is 21.0. The predicted octanol–water partition coefficient (Wildman–Crippen LogP) is 0.0181. The number of alkyl halides is 2. The van der Waals surface area contributed by atoms with Gasteiger partial charge in [-0.3, -0.25) is 13.9 Å². The van der Waals surface area contributed by atoms with Gasteiger partial charge in [0.25, 0.3) is 11.5 Å². The van der Waals surface area contributed by atoms with Gasteiger partial charge in [-0.25, -0.2) is 4.79 Å². The Hall–Kier alpha value is -1.67. The minimum absolute atomic E-state index is 0.0567. The number of aliphatic hydroxyl groups is 3. The molecule has 1 saturated heterocycles. The third kappa shape index (κ3) is 3.76. The van der Waals surface area contributed by atoms with Crippen molar-refractivity contribution in [3.8, 4) is 0 Å². The summed E-state index contributed by atoms with van der Waals surface area (Å²) in [7, 11) is 0. The highest BCUT2D eigenvalue weighted by molar-refractivity contribution is 14.1. The molecule has 1 fully saturated rings. The lowest BCUT2D eigenvalue weighted by atomic mass is 10.1. The third-order valence-electron chi connectivity index (χ3n) is 4.50. The van der Waals surface area contributed by atoms with Crippen LogP contribution in [0.4, 0.5) is 8.78 Å². The Kier molecular flexibility index (Phi) is 6.00. The summed E-state index contributed by atoms with van der Waals surface area (Å²) in [6, 6.07) is 6.76. The lowest BCUT2D eigenvalue weighted by Gasteiger charge is -2.22. The maximum atomic E-state index is 14.6. The van der Waals surface area contributed by atoms with E-state index in [-0.39, 0.29) is 9.13 Å². The van der Waals surface area contributed by atoms with Crippen molar-refractivity contribution >= 4 is 22.6 Å². The highest BCUT2D eigenvalue weighted by Crippen LogP contribution is 2.30. The van der Waals surface area contributed by atoms with Crippen molar-refractivity contribution in [1.82, 2.24) is 9.13 Å². The molecule has 28 heavy (non-hydrogen) atoms. The second-order valence-electron chi connectivity index (χ2n) is 6.36. The fourth-order valence-electron chi connectivity index (χ4n) is 2.99. The van der Waals surface area contributed by atoms with Gasteiger partial charge in [-0.05, 0) is 22.6 Å². The van der Waals surface area contributed by atoms with Gasteiger partial charge in [0.1, 0.15) is 18.3 Å². The Balaban J connectivity index is 2.04. The lowest BCUT2D eigenvalue weighted by Crippen LogP contribution is -2.46. The Labute approximate surface area is 170 Å². The Morgan fingerprint density at radius 1 is 1.14 bits per heavy atom. The molecule has 8 nitrogen and oxygen atoms in total. The van der Waals surface area contributed by atoms with Crippen LogP contribution in [0.1, 0.15) is 11.8 Å². The number of hydrogen-bond donors (Lipinski definition) is 3. The monoisotopic (exact) mass is 510 g/mol. The summed E-state index contributed by atoms with van der Waals surface area (Å²) in [4.78, 5) is 25.1. The maximum absolute atomic E-state index is 14.6. The molecule has 11 heteroatoms. The molecule has 0 saturated carbocycles. The number of hydrogen-bond acceptors (Lipinski definition) is 6. The molecule has 0 amide bonds. The fraction of sp³-hybridized carbons (Fsp3) is 0.412. The van der Waals surface area contributed by atoms with E-state index in [1.165, 1.54) is 24.3 Å². The maximum Gasteiger partial charge on any atom is 0.333 e. The number of aliphatic hydroxyl groups excluding tert-OH is 3. The number of nitrogens with zero attached hydrogens (tertiary/aromatic N) is 2. The quantitative estimate of drug-likeness (QED) is 0.489. The van der Waals surface area contributed by atoms with Gasteiger partial charge >= 0.3 is 5.69 Å². The average Bonchev–Trinajstić information content (AvgIpc) is 2.97. The van der Waals surface area contributed by atoms with Crippen LogP contribution in [0.3, 0.4) is 0 Å². The predicted molar refractivity (Wildman–Crippen MR) is 101 cm³/mol. The molecule has 2 heterocycles. The number of aromatic nitrogens is 2. The van der Waals surface area contributed by atoms with Gasteiger partial charge in [-0.15, -0.1) is 0 Å². The molecule has 2 aromatic rings. The number of halogens is 3. The van der Waals surface area contributed by atoms with Crippen LogP contribution in [-0.4, -0.2) is 49.4 Å². The Morgan fingerprint density at radius 3 is 2.36 bits per heavy atom. The van der Waals surface area contributed by atoms with Crippen molar-refractivity contribution in [2.45, 2.75) is 37.0 Å². The standard InChI is InChI=1S/C17H17F2IN2O6/c18-17(19,9-4-2-1-3-5-9)8-22-14(26)10(20)6-21(16(22)27)15-13(25)12(24)11(7-23)28-15/h1-6,11-13,15,23-25H,7-8H2/t11-,12?,13+,15-/m1/s1. The summed E-state index contributed by atoms with van der Waals surface area (Å²) in [5.41, 5.74) is -2.40. The van der Waals surface area contributed by atoms with Crippen LogP contribution in [0, 0.1) is 3.57 Å². The van der Waals surface area contributed by atoms with E-state index in [9.17, 15) is 33.7 Å². The van der Waals surface area contributed by atoms with Crippen molar-refractivity contribution in [3.05, 3.63) is 66.5 Å². The van der Waals surface area contributed by atoms with E-state index >= 15 is 0 Å². The molecular formula is C17H17F2IN2O6. The molecule has 1 aliphatic rings. The van der Waals surface area contributed by atoms with Gasteiger partial charge in [-0.2, -0.15) is 8.78 Å². The SMILES string of the molecule is O=c1c(I)cn([C@@H]2O[C@H](CO)C(O)[C@@H]2O)c(=O)n1CC(F)(F)c1ccccc1. The second kappa shape index (κ2) is 7.99. The van der Waals surface area contributed by atoms with Crippen LogP contribution < -0.4 is 11.2 Å². The van der Waals surface area contributed by atoms with Crippen molar-refractivity contribution < 1.29 is 28.8 Å². The largest absolute Gasteiger partial charge is 0.394 e. The molecule has 0 aliphatic carbocycles. The van der Waals surface area contributed by atoms with Gasteiger partial charge in [0.2, 0.25) is 0 Å². The van der Waals surface area contributed by atoms with Crippen molar-refractivity contribution in [2.24, 2.45) is 0 Å². The highest BCUT2D eigenvalue weighted by Gasteiger charge is 2.44. The molecule has 0 radical (unpaired) electrons. The molecular weight excluding hydrogens is 493 g/mol. The highest BCUT2D eigenvalue weighted by atomic mass is 127. The first-order valence-corrected chi connectivity index (χ1v) is 9.32. The van der Waals surface area contributed by atoms with E-state index in [0.29, 0.717) is 4.57 Å². The van der Waals surface area contributed by atoms with Crippen molar-refractivity contribution in [1.29, 1.82) is 0 Å². The molecule has 4 atom stereocenters. The Morgan fingerprint density at radius 2 is 1.79 bits per heavy atom. The molecule has 1 aliphatic heterocycles. The minimum Gasteiger partial charge on any atom is -0.394 e. The summed E-state index contributed by atoms with van der Waals surface area (Å²) in [5.74, 6) is -3.51. The first-order chi connectivity index (χ1) is 13.2. The van der Waals surface area contributed by atoms with Crippen molar-refractivity contribution in [3.63, 3.8) is 0 Å². The van der Waals surface area contributed by atoms with Crippen LogP contribution in [0.2, 0.25) is 0 Å². The van der Waals surface area contributed by atoms with E-state index < -0.39 is 54.9 Å². The molecule has 0 bridgehead atoms. The molecule has 152 valence electrons. The van der Waals surface area contributed by atoms with E-state index in [2.05, 4.69) is 0 Å². The molecule has 1 aromatic heterocycles. The zero-order valence-corrected chi connectivity index (χ0v) is 16.4. The van der Waals surface area contributed by atoms with Gasteiger partial charge in [-0.1, -0.05) is 30.3 Å². The van der Waals surface area contributed by atoms with E-state index in [4.69, 9.17) is 4.74 Å². The summed E-state index contributed by atoms with van der Waals surface area (Å²) in [6.45, 7) is -1.83. The molecule has 0 spiro atoms. The normalized spacial score (nSPS) is 25.2. The van der Waals surface area contributed by atoms with Gasteiger partial charge in [0.15, 0.2) is 6.23 Å². The number of benzene rings is 1. The first-order valence-electron chi connectivity index (χ1n) is 8.24. The van der Waals surface area contributed by atoms with E-state index in [1.54, 1.807) is 28.7 Å². The van der Waals surface area contributed by atoms with Crippen LogP contribution in [0.25, 0.3) is 0 Å². The smallest absolute Gasteiger partial charge is 0.333 e. The van der Waals surface area contributed by atoms with E-state index in [0.717, 1.165) is 10.8 Å². The third-order valence-corrected chi connectivity index (χ3v) is 5.24. The lowest BCUT2D eigenvalue weighted by molar-refractivity contribution is -0.0578. The summed E-state index contributed by atoms with van der Waals surface area (Å²) >= 11 is 1.58. The fourth-order valence-corrected chi connectivity index (χ4v) is 3.58. The van der Waals surface area contributed by atoms with Gasteiger partial charge in [0.05, 0.1) is 16.7 Å². The summed E-state index contributed by atoms with van der Waals surface area (Å²) in [5, 5.41) is 29.2. The van der Waals surface area contributed by atoms with Crippen LogP contribution >= 0.6 is 22.6 Å². The molecule has 1 unspecified atom stereocenters. The van der Waals surface area contributed by atoms with Crippen LogP contribution in [0.5, 0.6) is 0 Å². The molecule has 3 N–H and O–H groups in total. The van der Waals surface area contributed by atoms with E-state index in [1.807, 2.05) is 0 Å². The number of ether oxygens (including phenoxy) is 1. The van der Waals surface area contributed by atoms with Gasteiger partial charge < -0.3 is 20.1 Å². The zero-order chi connectivity index (χ0) is 20.6. The molecule has 1 aromatic carbocycles. The topological polar surface area (TPSA) is 114 Å². The Bertz CT molecular complexity index is 964. The van der Waals surface area contributed by atoms with Crippen molar-refractivity contribution in [2.75, 3.05) is 6.61 Å². The average molecular weight is 510 g/mol. The number of rotatable bonds is 5. The molecule has 3 rings (SSSR count). The summed E-state index contributed by atoms with van der Waals surface area (Å²) < 4.78 is 35.6. The van der Waals surface area contributed by atoms with Crippen LogP contribution in [-0.2, 0) is 17.2 Å². The van der Waals surface area contributed by atoms with Gasteiger partial charge in [0, 0.05) is 11.8 Å². The van der Waals surface area contributed by atoms with Crippen LogP contribution in [0.15, 0.2) is 46.1 Å². The second-order valence-corrected chi connectivity index (χ2v) is 7.52. The minimum atomic E-state index is -3.51. The summed E-state index contributed by atoms with van der Waals surface area (Å²) in [6.07, 6.45) is -4.61. The zero-order valence-electron chi connectivity index (χ0n) is 14.3.